The van der Waals surface area contributed by atoms with E-state index in [-0.39, 0.29) is 12.4 Å². The Morgan fingerprint density at radius 1 is 1.33 bits per heavy atom. The molecule has 0 aromatic heterocycles. The minimum Gasteiger partial charge on any atom is -0.486 e. The van der Waals surface area contributed by atoms with Crippen molar-refractivity contribution in [3.8, 4) is 5.75 Å². The van der Waals surface area contributed by atoms with Crippen molar-refractivity contribution < 1.29 is 19.6 Å². The maximum atomic E-state index is 11.0. The van der Waals surface area contributed by atoms with E-state index in [1.165, 1.54) is 12.1 Å². The van der Waals surface area contributed by atoms with E-state index in [0.717, 1.165) is 0 Å². The van der Waals surface area contributed by atoms with Gasteiger partial charge < -0.3 is 14.8 Å². The molecule has 2 N–H and O–H groups in total. The van der Waals surface area contributed by atoms with E-state index in [0.29, 0.717) is 17.6 Å². The maximum absolute atomic E-state index is 11.0. The Labute approximate surface area is 88.6 Å². The highest BCUT2D eigenvalue weighted by atomic mass is 16.5. The first-order valence-corrected chi connectivity index (χ1v) is 4.74. The first-order valence-electron chi connectivity index (χ1n) is 4.74. The summed E-state index contributed by atoms with van der Waals surface area (Å²) in [6.07, 6.45) is 0.452. The molecule has 0 saturated carbocycles. The van der Waals surface area contributed by atoms with Crippen LogP contribution in [0.1, 0.15) is 13.3 Å². The van der Waals surface area contributed by atoms with Crippen molar-refractivity contribution >= 4 is 18.4 Å². The summed E-state index contributed by atoms with van der Waals surface area (Å²) < 4.78 is 5.18. The van der Waals surface area contributed by atoms with Crippen LogP contribution >= 0.6 is 0 Å². The van der Waals surface area contributed by atoms with E-state index < -0.39 is 7.12 Å². The van der Waals surface area contributed by atoms with Crippen LogP contribution in [0.5, 0.6) is 5.75 Å². The summed E-state index contributed by atoms with van der Waals surface area (Å²) in [4.78, 5) is 11.0. The van der Waals surface area contributed by atoms with Gasteiger partial charge >= 0.3 is 7.12 Å². The van der Waals surface area contributed by atoms with Crippen LogP contribution in [0.25, 0.3) is 0 Å². The van der Waals surface area contributed by atoms with Gasteiger partial charge in [0.15, 0.2) is 5.78 Å². The summed E-state index contributed by atoms with van der Waals surface area (Å²) >= 11 is 0. The van der Waals surface area contributed by atoms with E-state index in [1.807, 2.05) is 0 Å². The van der Waals surface area contributed by atoms with Gasteiger partial charge in [0.25, 0.3) is 0 Å². The Hall–Kier alpha value is -1.33. The molecule has 0 atom stereocenters. The van der Waals surface area contributed by atoms with Gasteiger partial charge in [-0.05, 0) is 17.6 Å². The van der Waals surface area contributed by atoms with Gasteiger partial charge in [0.05, 0.1) is 0 Å². The Morgan fingerprint density at radius 2 is 1.93 bits per heavy atom. The lowest BCUT2D eigenvalue weighted by atomic mass is 9.80. The van der Waals surface area contributed by atoms with Crippen molar-refractivity contribution in [3.05, 3.63) is 24.3 Å². The van der Waals surface area contributed by atoms with Crippen LogP contribution in [0.2, 0.25) is 0 Å². The van der Waals surface area contributed by atoms with Crippen LogP contribution in [0.3, 0.4) is 0 Å². The highest BCUT2D eigenvalue weighted by Gasteiger charge is 2.10. The van der Waals surface area contributed by atoms with Crippen molar-refractivity contribution in [1.82, 2.24) is 0 Å². The highest BCUT2D eigenvalue weighted by Crippen LogP contribution is 2.07. The fourth-order valence-corrected chi connectivity index (χ4v) is 1.00. The fourth-order valence-electron chi connectivity index (χ4n) is 1.00. The molecule has 1 aromatic rings. The minimum atomic E-state index is -1.48. The number of rotatable bonds is 5. The molecular formula is C10H13BO4. The number of hydrogen-bond donors (Lipinski definition) is 2. The third-order valence-electron chi connectivity index (χ3n) is 1.97. The molecule has 0 amide bonds. The number of hydrogen-bond acceptors (Lipinski definition) is 4. The first kappa shape index (κ1) is 11.7. The molecule has 0 aliphatic heterocycles. The Bertz CT molecular complexity index is 321. The van der Waals surface area contributed by atoms with Gasteiger partial charge in [0.2, 0.25) is 0 Å². The molecule has 0 heterocycles. The quantitative estimate of drug-likeness (QED) is 0.653. The molecule has 5 heteroatoms. The molecular weight excluding hydrogens is 195 g/mol. The third-order valence-corrected chi connectivity index (χ3v) is 1.97. The van der Waals surface area contributed by atoms with Gasteiger partial charge in [-0.15, -0.1) is 0 Å². The van der Waals surface area contributed by atoms with Gasteiger partial charge in [-0.1, -0.05) is 19.1 Å². The summed E-state index contributed by atoms with van der Waals surface area (Å²) in [7, 11) is -1.48. The summed E-state index contributed by atoms with van der Waals surface area (Å²) in [5.41, 5.74) is 0.393. The van der Waals surface area contributed by atoms with Crippen LogP contribution in [0.4, 0.5) is 0 Å². The lowest BCUT2D eigenvalue weighted by Gasteiger charge is -2.05. The van der Waals surface area contributed by atoms with Crippen LogP contribution in [-0.2, 0) is 4.79 Å². The van der Waals surface area contributed by atoms with Gasteiger partial charge in [0.1, 0.15) is 12.4 Å². The predicted molar refractivity (Wildman–Crippen MR) is 57.1 cm³/mol. The zero-order valence-corrected chi connectivity index (χ0v) is 8.51. The standard InChI is InChI=1S/C10H13BO4/c1-2-9(12)7-15-10-5-3-8(4-6-10)11(13)14/h3-6,13-14H,2,7H2,1H3. The lowest BCUT2D eigenvalue weighted by molar-refractivity contribution is -0.120. The molecule has 0 spiro atoms. The Kier molecular flexibility index (Phi) is 4.33. The molecule has 0 radical (unpaired) electrons. The van der Waals surface area contributed by atoms with Crippen molar-refractivity contribution in [2.75, 3.05) is 6.61 Å². The average molecular weight is 208 g/mol. The van der Waals surface area contributed by atoms with E-state index in [2.05, 4.69) is 0 Å². The van der Waals surface area contributed by atoms with Gasteiger partial charge in [0, 0.05) is 6.42 Å². The van der Waals surface area contributed by atoms with Crippen molar-refractivity contribution in [2.24, 2.45) is 0 Å². The molecule has 15 heavy (non-hydrogen) atoms. The van der Waals surface area contributed by atoms with E-state index >= 15 is 0 Å². The van der Waals surface area contributed by atoms with Crippen molar-refractivity contribution in [1.29, 1.82) is 0 Å². The normalized spacial score (nSPS) is 9.80. The van der Waals surface area contributed by atoms with Crippen LogP contribution < -0.4 is 10.2 Å². The van der Waals surface area contributed by atoms with E-state index in [4.69, 9.17) is 14.8 Å². The molecule has 4 nitrogen and oxygen atoms in total. The molecule has 0 aliphatic rings. The van der Waals surface area contributed by atoms with E-state index in [1.54, 1.807) is 19.1 Å². The van der Waals surface area contributed by atoms with Crippen molar-refractivity contribution in [2.45, 2.75) is 13.3 Å². The number of Topliss-reactive ketones (excluding diaryl/α,β-unsaturated/α-hetero) is 1. The third kappa shape index (κ3) is 3.73. The molecule has 80 valence electrons. The zero-order chi connectivity index (χ0) is 11.3. The van der Waals surface area contributed by atoms with Crippen LogP contribution in [0.15, 0.2) is 24.3 Å². The summed E-state index contributed by atoms with van der Waals surface area (Å²) in [5, 5.41) is 17.7. The minimum absolute atomic E-state index is 0.0290. The number of ether oxygens (including phenoxy) is 1. The van der Waals surface area contributed by atoms with Gasteiger partial charge in [-0.3, -0.25) is 4.79 Å². The van der Waals surface area contributed by atoms with Crippen molar-refractivity contribution in [3.63, 3.8) is 0 Å². The second-order valence-corrected chi connectivity index (χ2v) is 3.12. The topological polar surface area (TPSA) is 66.8 Å². The molecule has 1 rings (SSSR count). The monoisotopic (exact) mass is 208 g/mol. The summed E-state index contributed by atoms with van der Waals surface area (Å²) in [5.74, 6) is 0.572. The Morgan fingerprint density at radius 3 is 2.40 bits per heavy atom. The molecule has 0 aliphatic carbocycles. The van der Waals surface area contributed by atoms with Gasteiger partial charge in [-0.25, -0.2) is 0 Å². The second-order valence-electron chi connectivity index (χ2n) is 3.12. The van der Waals surface area contributed by atoms with Crippen LogP contribution in [0, 0.1) is 0 Å². The Balaban J connectivity index is 2.53. The average Bonchev–Trinajstić information content (AvgIpc) is 2.26. The maximum Gasteiger partial charge on any atom is 0.488 e. The summed E-state index contributed by atoms with van der Waals surface area (Å²) in [6, 6.07) is 6.27. The molecule has 0 fully saturated rings. The smallest absolute Gasteiger partial charge is 0.486 e. The summed E-state index contributed by atoms with van der Waals surface area (Å²) in [6.45, 7) is 1.83. The molecule has 0 bridgehead atoms. The highest BCUT2D eigenvalue weighted by molar-refractivity contribution is 6.58. The number of carbonyl (C=O) groups excluding carboxylic acids is 1. The first-order chi connectivity index (χ1) is 7.13. The lowest BCUT2D eigenvalue weighted by Crippen LogP contribution is -2.29. The SMILES string of the molecule is CCC(=O)COc1ccc(B(O)O)cc1. The van der Waals surface area contributed by atoms with Crippen LogP contribution in [-0.4, -0.2) is 29.6 Å². The fraction of sp³-hybridized carbons (Fsp3) is 0.300. The number of benzene rings is 1. The van der Waals surface area contributed by atoms with Gasteiger partial charge in [-0.2, -0.15) is 0 Å². The molecule has 0 unspecified atom stereocenters. The predicted octanol–water partition coefficient (Wildman–Crippen LogP) is -0.276. The van der Waals surface area contributed by atoms with E-state index in [9.17, 15) is 4.79 Å². The molecule has 1 aromatic carbocycles. The number of ketones is 1. The largest absolute Gasteiger partial charge is 0.488 e. The number of carbonyl (C=O) groups is 1. The molecule has 0 saturated heterocycles. The zero-order valence-electron chi connectivity index (χ0n) is 8.51. The second kappa shape index (κ2) is 5.53.